The van der Waals surface area contributed by atoms with Crippen molar-refractivity contribution in [3.8, 4) is 0 Å². The van der Waals surface area contributed by atoms with Gasteiger partial charge in [0.25, 0.3) is 0 Å². The van der Waals surface area contributed by atoms with Gasteiger partial charge in [0, 0.05) is 18.4 Å². The van der Waals surface area contributed by atoms with Crippen LogP contribution in [0.2, 0.25) is 0 Å². The monoisotopic (exact) mass is 258 g/mol. The molecule has 0 aliphatic heterocycles. The highest BCUT2D eigenvalue weighted by Crippen LogP contribution is 2.42. The Kier molecular flexibility index (Phi) is 3.66. The van der Waals surface area contributed by atoms with Gasteiger partial charge in [-0.25, -0.2) is 13.2 Å². The van der Waals surface area contributed by atoms with Gasteiger partial charge >= 0.3 is 0 Å². The van der Waals surface area contributed by atoms with Crippen LogP contribution in [0.5, 0.6) is 0 Å². The number of hydrogen-bond acceptors (Lipinski definition) is 1. The predicted molar refractivity (Wildman–Crippen MR) is 63.0 cm³/mol. The van der Waals surface area contributed by atoms with E-state index in [1.54, 1.807) is 13.0 Å². The van der Waals surface area contributed by atoms with Gasteiger partial charge in [-0.2, -0.15) is 0 Å². The third kappa shape index (κ3) is 2.86. The summed E-state index contributed by atoms with van der Waals surface area (Å²) in [5.41, 5.74) is 0.950. The van der Waals surface area contributed by atoms with Crippen LogP contribution in [0.4, 0.5) is 13.2 Å². The van der Waals surface area contributed by atoms with Crippen LogP contribution in [0.25, 0.3) is 0 Å². The summed E-state index contributed by atoms with van der Waals surface area (Å²) in [5.74, 6) is -3.82. The first kappa shape index (κ1) is 13.4. The van der Waals surface area contributed by atoms with Crippen molar-refractivity contribution in [1.82, 2.24) is 0 Å². The maximum Gasteiger partial charge on any atom is 0.248 e. The molecule has 4 heteroatoms. The SMILES string of the molecule is Cc1ccc(F)c(C(O)C2CCCC(F)(F)C2)c1. The molecule has 0 heterocycles. The molecule has 100 valence electrons. The normalized spacial score (nSPS) is 24.8. The summed E-state index contributed by atoms with van der Waals surface area (Å²) < 4.78 is 40.2. The number of alkyl halides is 2. The fourth-order valence-corrected chi connectivity index (χ4v) is 2.62. The Bertz CT molecular complexity index is 431. The zero-order valence-corrected chi connectivity index (χ0v) is 10.3. The van der Waals surface area contributed by atoms with E-state index in [2.05, 4.69) is 0 Å². The summed E-state index contributed by atoms with van der Waals surface area (Å²) in [6, 6.07) is 4.41. The van der Waals surface area contributed by atoms with Crippen LogP contribution in [0, 0.1) is 18.7 Å². The third-order valence-electron chi connectivity index (χ3n) is 3.59. The lowest BCUT2D eigenvalue weighted by atomic mass is 9.80. The summed E-state index contributed by atoms with van der Waals surface area (Å²) in [6.45, 7) is 1.78. The lowest BCUT2D eigenvalue weighted by molar-refractivity contribution is -0.0766. The van der Waals surface area contributed by atoms with Crippen molar-refractivity contribution in [3.63, 3.8) is 0 Å². The second kappa shape index (κ2) is 4.92. The van der Waals surface area contributed by atoms with E-state index >= 15 is 0 Å². The molecule has 2 unspecified atom stereocenters. The predicted octanol–water partition coefficient (Wildman–Crippen LogP) is 3.99. The molecule has 1 aromatic carbocycles. The van der Waals surface area contributed by atoms with E-state index in [4.69, 9.17) is 0 Å². The van der Waals surface area contributed by atoms with Crippen molar-refractivity contribution in [2.24, 2.45) is 5.92 Å². The third-order valence-corrected chi connectivity index (χ3v) is 3.59. The fraction of sp³-hybridized carbons (Fsp3) is 0.571. The van der Waals surface area contributed by atoms with E-state index < -0.39 is 23.8 Å². The van der Waals surface area contributed by atoms with Gasteiger partial charge in [0.05, 0.1) is 6.10 Å². The van der Waals surface area contributed by atoms with Crippen LogP contribution in [-0.4, -0.2) is 11.0 Å². The summed E-state index contributed by atoms with van der Waals surface area (Å²) >= 11 is 0. The molecule has 0 saturated heterocycles. The molecule has 1 saturated carbocycles. The van der Waals surface area contributed by atoms with Crippen molar-refractivity contribution >= 4 is 0 Å². The van der Waals surface area contributed by atoms with E-state index in [1.807, 2.05) is 0 Å². The topological polar surface area (TPSA) is 20.2 Å². The molecule has 2 rings (SSSR count). The first-order valence-electron chi connectivity index (χ1n) is 6.21. The van der Waals surface area contributed by atoms with Crippen LogP contribution < -0.4 is 0 Å². The molecule has 0 aromatic heterocycles. The first-order chi connectivity index (χ1) is 8.39. The molecule has 1 nitrogen and oxygen atoms in total. The Balaban J connectivity index is 2.20. The second-order valence-corrected chi connectivity index (χ2v) is 5.18. The summed E-state index contributed by atoms with van der Waals surface area (Å²) in [5, 5.41) is 10.1. The molecule has 1 aliphatic rings. The largest absolute Gasteiger partial charge is 0.388 e. The molecule has 0 spiro atoms. The number of aliphatic hydroxyl groups is 1. The van der Waals surface area contributed by atoms with E-state index in [0.29, 0.717) is 12.8 Å². The standard InChI is InChI=1S/C14H17F3O/c1-9-4-5-12(15)11(7-9)13(18)10-3-2-6-14(16,17)8-10/h4-5,7,10,13,18H,2-3,6,8H2,1H3. The number of halogens is 3. The zero-order valence-electron chi connectivity index (χ0n) is 10.3. The van der Waals surface area contributed by atoms with Gasteiger partial charge in [-0.05, 0) is 31.7 Å². The Morgan fingerprint density at radius 2 is 2.11 bits per heavy atom. The zero-order chi connectivity index (χ0) is 13.3. The molecule has 0 radical (unpaired) electrons. The van der Waals surface area contributed by atoms with Crippen LogP contribution >= 0.6 is 0 Å². The number of aryl methyl sites for hydroxylation is 1. The van der Waals surface area contributed by atoms with Gasteiger partial charge in [-0.1, -0.05) is 17.7 Å². The van der Waals surface area contributed by atoms with E-state index in [-0.39, 0.29) is 18.4 Å². The molecule has 1 N–H and O–H groups in total. The number of rotatable bonds is 2. The Morgan fingerprint density at radius 3 is 2.78 bits per heavy atom. The van der Waals surface area contributed by atoms with Crippen molar-refractivity contribution in [1.29, 1.82) is 0 Å². The lowest BCUT2D eigenvalue weighted by Crippen LogP contribution is -2.29. The summed E-state index contributed by atoms with van der Waals surface area (Å²) in [4.78, 5) is 0. The molecule has 0 bridgehead atoms. The van der Waals surface area contributed by atoms with Gasteiger partial charge in [0.2, 0.25) is 5.92 Å². The summed E-state index contributed by atoms with van der Waals surface area (Å²) in [7, 11) is 0. The smallest absolute Gasteiger partial charge is 0.248 e. The van der Waals surface area contributed by atoms with Gasteiger partial charge in [-0.15, -0.1) is 0 Å². The minimum Gasteiger partial charge on any atom is -0.388 e. The van der Waals surface area contributed by atoms with Gasteiger partial charge < -0.3 is 5.11 Å². The Morgan fingerprint density at radius 1 is 1.39 bits per heavy atom. The fourth-order valence-electron chi connectivity index (χ4n) is 2.62. The minimum absolute atomic E-state index is 0.132. The van der Waals surface area contributed by atoms with E-state index in [1.165, 1.54) is 12.1 Å². The maximum atomic E-state index is 13.6. The highest BCUT2D eigenvalue weighted by molar-refractivity contribution is 5.26. The number of hydrogen-bond donors (Lipinski definition) is 1. The van der Waals surface area contributed by atoms with Crippen LogP contribution in [0.1, 0.15) is 42.9 Å². The average Bonchev–Trinajstić information content (AvgIpc) is 2.30. The van der Waals surface area contributed by atoms with Crippen LogP contribution in [-0.2, 0) is 0 Å². The summed E-state index contributed by atoms with van der Waals surface area (Å²) in [6.07, 6.45) is -0.739. The maximum absolute atomic E-state index is 13.6. The van der Waals surface area contributed by atoms with E-state index in [9.17, 15) is 18.3 Å². The molecule has 1 aromatic rings. The Hall–Kier alpha value is -1.03. The Labute approximate surface area is 105 Å². The van der Waals surface area contributed by atoms with Gasteiger partial charge in [-0.3, -0.25) is 0 Å². The number of aliphatic hydroxyl groups excluding tert-OH is 1. The average molecular weight is 258 g/mol. The molecule has 1 fully saturated rings. The highest BCUT2D eigenvalue weighted by Gasteiger charge is 2.39. The molecule has 1 aliphatic carbocycles. The minimum atomic E-state index is -2.73. The van der Waals surface area contributed by atoms with E-state index in [0.717, 1.165) is 5.56 Å². The van der Waals surface area contributed by atoms with Crippen molar-refractivity contribution in [2.75, 3.05) is 0 Å². The molecule has 2 atom stereocenters. The second-order valence-electron chi connectivity index (χ2n) is 5.18. The highest BCUT2D eigenvalue weighted by atomic mass is 19.3. The van der Waals surface area contributed by atoms with Crippen LogP contribution in [0.15, 0.2) is 18.2 Å². The molecular formula is C14H17F3O. The van der Waals surface area contributed by atoms with Gasteiger partial charge in [0.1, 0.15) is 5.82 Å². The first-order valence-corrected chi connectivity index (χ1v) is 6.21. The lowest BCUT2D eigenvalue weighted by Gasteiger charge is -2.32. The van der Waals surface area contributed by atoms with Crippen molar-refractivity contribution in [2.45, 2.75) is 44.6 Å². The molecule has 0 amide bonds. The quantitative estimate of drug-likeness (QED) is 0.850. The van der Waals surface area contributed by atoms with Gasteiger partial charge in [0.15, 0.2) is 0 Å². The number of benzene rings is 1. The molecular weight excluding hydrogens is 241 g/mol. The van der Waals surface area contributed by atoms with Crippen LogP contribution in [0.3, 0.4) is 0 Å². The van der Waals surface area contributed by atoms with Crippen molar-refractivity contribution < 1.29 is 18.3 Å². The van der Waals surface area contributed by atoms with Crippen molar-refractivity contribution in [3.05, 3.63) is 35.1 Å². The molecule has 18 heavy (non-hydrogen) atoms.